The van der Waals surface area contributed by atoms with E-state index in [1.807, 2.05) is 24.3 Å². The van der Waals surface area contributed by atoms with Crippen molar-refractivity contribution in [2.75, 3.05) is 5.32 Å². The Morgan fingerprint density at radius 1 is 1.20 bits per heavy atom. The molecule has 0 radical (unpaired) electrons. The standard InChI is InChI=1S/C15H11BrN2O2/c1-9-17-12-8-7-11(13(16)14(12)20-9)18-15(19)10-5-3-2-4-6-10/h2-8H,1H3,(H,18,19). The fraction of sp³-hybridized carbons (Fsp3) is 0.0667. The minimum absolute atomic E-state index is 0.165. The molecule has 0 aliphatic heterocycles. The molecule has 0 aliphatic rings. The van der Waals surface area contributed by atoms with Gasteiger partial charge in [0.05, 0.1) is 10.2 Å². The van der Waals surface area contributed by atoms with Crippen molar-refractivity contribution in [3.8, 4) is 0 Å². The SMILES string of the molecule is Cc1nc2ccc(NC(=O)c3ccccc3)c(Br)c2o1. The second-order valence-corrected chi connectivity index (χ2v) is 5.12. The van der Waals surface area contributed by atoms with E-state index in [0.29, 0.717) is 27.2 Å². The summed E-state index contributed by atoms with van der Waals surface area (Å²) in [5, 5.41) is 2.85. The topological polar surface area (TPSA) is 55.1 Å². The van der Waals surface area contributed by atoms with Crippen molar-refractivity contribution in [1.82, 2.24) is 4.98 Å². The second kappa shape index (κ2) is 5.09. The lowest BCUT2D eigenvalue weighted by Crippen LogP contribution is -2.11. The van der Waals surface area contributed by atoms with Gasteiger partial charge in [0.25, 0.3) is 5.91 Å². The van der Waals surface area contributed by atoms with Gasteiger partial charge in [-0.15, -0.1) is 0 Å². The highest BCUT2D eigenvalue weighted by Gasteiger charge is 2.13. The van der Waals surface area contributed by atoms with E-state index in [2.05, 4.69) is 26.2 Å². The van der Waals surface area contributed by atoms with Crippen LogP contribution in [0.5, 0.6) is 0 Å². The van der Waals surface area contributed by atoms with Crippen LogP contribution in [0.1, 0.15) is 16.2 Å². The van der Waals surface area contributed by atoms with E-state index < -0.39 is 0 Å². The third-order valence-electron chi connectivity index (χ3n) is 2.89. The highest BCUT2D eigenvalue weighted by Crippen LogP contribution is 2.32. The Kier molecular flexibility index (Phi) is 3.28. The van der Waals surface area contributed by atoms with Crippen LogP contribution < -0.4 is 5.32 Å². The Labute approximate surface area is 123 Å². The third-order valence-corrected chi connectivity index (χ3v) is 3.68. The molecule has 1 aromatic heterocycles. The number of aromatic nitrogens is 1. The van der Waals surface area contributed by atoms with Crippen molar-refractivity contribution in [2.45, 2.75) is 6.92 Å². The molecule has 0 bridgehead atoms. The van der Waals surface area contributed by atoms with E-state index in [1.165, 1.54) is 0 Å². The van der Waals surface area contributed by atoms with E-state index in [4.69, 9.17) is 4.42 Å². The number of anilines is 1. The average molecular weight is 331 g/mol. The summed E-state index contributed by atoms with van der Waals surface area (Å²) in [7, 11) is 0. The summed E-state index contributed by atoms with van der Waals surface area (Å²) in [5.74, 6) is 0.425. The largest absolute Gasteiger partial charge is 0.440 e. The van der Waals surface area contributed by atoms with Crippen LogP contribution >= 0.6 is 15.9 Å². The summed E-state index contributed by atoms with van der Waals surface area (Å²) in [4.78, 5) is 16.4. The van der Waals surface area contributed by atoms with Crippen LogP contribution in [-0.4, -0.2) is 10.9 Å². The minimum atomic E-state index is -0.165. The molecule has 0 unspecified atom stereocenters. The number of hydrogen-bond donors (Lipinski definition) is 1. The van der Waals surface area contributed by atoms with Crippen molar-refractivity contribution in [3.63, 3.8) is 0 Å². The molecular weight excluding hydrogens is 320 g/mol. The molecule has 0 saturated heterocycles. The maximum Gasteiger partial charge on any atom is 0.255 e. The Hall–Kier alpha value is -2.14. The van der Waals surface area contributed by atoms with Crippen molar-refractivity contribution in [2.24, 2.45) is 0 Å². The molecule has 0 spiro atoms. The number of halogens is 1. The number of aryl methyl sites for hydroxylation is 1. The van der Waals surface area contributed by atoms with Gasteiger partial charge in [-0.05, 0) is 40.2 Å². The quantitative estimate of drug-likeness (QED) is 0.767. The molecule has 0 fully saturated rings. The van der Waals surface area contributed by atoms with Crippen LogP contribution in [-0.2, 0) is 0 Å². The van der Waals surface area contributed by atoms with Gasteiger partial charge in [-0.3, -0.25) is 4.79 Å². The molecule has 3 rings (SSSR count). The summed E-state index contributed by atoms with van der Waals surface area (Å²) in [5.41, 5.74) is 2.65. The molecule has 20 heavy (non-hydrogen) atoms. The average Bonchev–Trinajstić information content (AvgIpc) is 2.84. The number of nitrogens with one attached hydrogen (secondary N) is 1. The van der Waals surface area contributed by atoms with Crippen molar-refractivity contribution < 1.29 is 9.21 Å². The van der Waals surface area contributed by atoms with Gasteiger partial charge in [-0.2, -0.15) is 0 Å². The van der Waals surface area contributed by atoms with Crippen LogP contribution in [0.25, 0.3) is 11.1 Å². The first kappa shape index (κ1) is 12.9. The van der Waals surface area contributed by atoms with Crippen LogP contribution in [0.3, 0.4) is 0 Å². The molecule has 2 aromatic carbocycles. The molecule has 3 aromatic rings. The smallest absolute Gasteiger partial charge is 0.255 e. The Balaban J connectivity index is 1.95. The van der Waals surface area contributed by atoms with Gasteiger partial charge < -0.3 is 9.73 Å². The predicted octanol–water partition coefficient (Wildman–Crippen LogP) is 4.15. The number of carbonyl (C=O) groups excluding carboxylic acids is 1. The number of benzene rings is 2. The van der Waals surface area contributed by atoms with Gasteiger partial charge in [0.1, 0.15) is 5.52 Å². The zero-order valence-electron chi connectivity index (χ0n) is 10.7. The molecule has 5 heteroatoms. The Morgan fingerprint density at radius 2 is 1.95 bits per heavy atom. The van der Waals surface area contributed by atoms with Gasteiger partial charge in [0.15, 0.2) is 11.5 Å². The van der Waals surface area contributed by atoms with Crippen LogP contribution in [0.15, 0.2) is 51.4 Å². The number of rotatable bonds is 2. The zero-order valence-corrected chi connectivity index (χ0v) is 12.3. The molecule has 1 heterocycles. The molecule has 0 atom stereocenters. The van der Waals surface area contributed by atoms with Gasteiger partial charge in [0, 0.05) is 12.5 Å². The summed E-state index contributed by atoms with van der Waals surface area (Å²) in [6.07, 6.45) is 0. The van der Waals surface area contributed by atoms with E-state index in [1.54, 1.807) is 25.1 Å². The maximum absolute atomic E-state index is 12.1. The van der Waals surface area contributed by atoms with E-state index >= 15 is 0 Å². The van der Waals surface area contributed by atoms with Gasteiger partial charge in [-0.25, -0.2) is 4.98 Å². The molecule has 0 aliphatic carbocycles. The second-order valence-electron chi connectivity index (χ2n) is 4.33. The normalized spacial score (nSPS) is 10.7. The van der Waals surface area contributed by atoms with Crippen molar-refractivity contribution in [1.29, 1.82) is 0 Å². The lowest BCUT2D eigenvalue weighted by atomic mass is 10.2. The Bertz CT molecular complexity index is 781. The molecule has 4 nitrogen and oxygen atoms in total. The number of nitrogens with zero attached hydrogens (tertiary/aromatic N) is 1. The van der Waals surface area contributed by atoms with E-state index in [0.717, 1.165) is 5.52 Å². The number of fused-ring (bicyclic) bond motifs is 1. The Morgan fingerprint density at radius 3 is 2.70 bits per heavy atom. The number of oxazole rings is 1. The first-order valence-electron chi connectivity index (χ1n) is 6.07. The molecule has 1 amide bonds. The number of amides is 1. The number of hydrogen-bond acceptors (Lipinski definition) is 3. The summed E-state index contributed by atoms with van der Waals surface area (Å²) in [6.45, 7) is 1.79. The highest BCUT2D eigenvalue weighted by molar-refractivity contribution is 9.10. The third kappa shape index (κ3) is 2.32. The fourth-order valence-electron chi connectivity index (χ4n) is 1.95. The first-order chi connectivity index (χ1) is 9.65. The van der Waals surface area contributed by atoms with Crippen LogP contribution in [0.2, 0.25) is 0 Å². The summed E-state index contributed by atoms with van der Waals surface area (Å²) >= 11 is 3.45. The molecule has 100 valence electrons. The molecule has 0 saturated carbocycles. The zero-order chi connectivity index (χ0) is 14.1. The monoisotopic (exact) mass is 330 g/mol. The van der Waals surface area contributed by atoms with Crippen molar-refractivity contribution >= 4 is 38.6 Å². The van der Waals surface area contributed by atoms with Gasteiger partial charge in [0.2, 0.25) is 0 Å². The van der Waals surface area contributed by atoms with Crippen LogP contribution in [0.4, 0.5) is 5.69 Å². The van der Waals surface area contributed by atoms with Crippen LogP contribution in [0, 0.1) is 6.92 Å². The highest BCUT2D eigenvalue weighted by atomic mass is 79.9. The molecule has 1 N–H and O–H groups in total. The number of carbonyl (C=O) groups is 1. The van der Waals surface area contributed by atoms with Gasteiger partial charge >= 0.3 is 0 Å². The minimum Gasteiger partial charge on any atom is -0.440 e. The summed E-state index contributed by atoms with van der Waals surface area (Å²) in [6, 6.07) is 12.7. The summed E-state index contributed by atoms with van der Waals surface area (Å²) < 4.78 is 6.21. The lowest BCUT2D eigenvalue weighted by molar-refractivity contribution is 0.102. The van der Waals surface area contributed by atoms with E-state index in [-0.39, 0.29) is 5.91 Å². The molecular formula is C15H11BrN2O2. The van der Waals surface area contributed by atoms with Gasteiger partial charge in [-0.1, -0.05) is 18.2 Å². The van der Waals surface area contributed by atoms with Crippen molar-refractivity contribution in [3.05, 3.63) is 58.4 Å². The maximum atomic E-state index is 12.1. The lowest BCUT2D eigenvalue weighted by Gasteiger charge is -2.07. The predicted molar refractivity (Wildman–Crippen MR) is 80.8 cm³/mol. The fourth-order valence-corrected chi connectivity index (χ4v) is 2.47. The first-order valence-corrected chi connectivity index (χ1v) is 6.86. The van der Waals surface area contributed by atoms with E-state index in [9.17, 15) is 4.79 Å².